The van der Waals surface area contributed by atoms with Crippen molar-refractivity contribution in [3.8, 4) is 0 Å². The third-order valence-corrected chi connectivity index (χ3v) is 2.33. The van der Waals surface area contributed by atoms with Gasteiger partial charge in [-0.3, -0.25) is 4.90 Å². The van der Waals surface area contributed by atoms with Gasteiger partial charge in [0.1, 0.15) is 0 Å². The third kappa shape index (κ3) is 5.24. The van der Waals surface area contributed by atoms with Gasteiger partial charge in [0.25, 0.3) is 0 Å². The van der Waals surface area contributed by atoms with E-state index in [1.54, 1.807) is 0 Å². The number of aliphatic hydroxyl groups excluding tert-OH is 1. The Labute approximate surface area is 82.1 Å². The Kier molecular flexibility index (Phi) is 8.40. The van der Waals surface area contributed by atoms with Crippen LogP contribution in [0.15, 0.2) is 0 Å². The van der Waals surface area contributed by atoms with Crippen LogP contribution in [0, 0.1) is 0 Å². The zero-order valence-electron chi connectivity index (χ0n) is 9.21. The quantitative estimate of drug-likeness (QED) is 0.684. The average Bonchev–Trinajstić information content (AvgIpc) is 2.22. The van der Waals surface area contributed by atoms with Crippen molar-refractivity contribution in [1.29, 1.82) is 0 Å². The zero-order valence-corrected chi connectivity index (χ0v) is 9.21. The lowest BCUT2D eigenvalue weighted by Crippen LogP contribution is -2.45. The first-order valence-corrected chi connectivity index (χ1v) is 5.37. The number of likely N-dealkylation sites (tertiary alicyclic amines) is 1. The fourth-order valence-electron chi connectivity index (χ4n) is 1.64. The molecule has 0 aromatic rings. The van der Waals surface area contributed by atoms with E-state index in [-0.39, 0.29) is 6.61 Å². The Hall–Kier alpha value is -0.120. The highest BCUT2D eigenvalue weighted by Gasteiger charge is 2.16. The highest BCUT2D eigenvalue weighted by Crippen LogP contribution is 2.08. The number of hydrogen-bond acceptors (Lipinski definition) is 3. The molecule has 1 aliphatic rings. The summed E-state index contributed by atoms with van der Waals surface area (Å²) in [5, 5.41) is 12.0. The van der Waals surface area contributed by atoms with Crippen molar-refractivity contribution in [2.24, 2.45) is 0 Å². The highest BCUT2D eigenvalue weighted by molar-refractivity contribution is 4.76. The summed E-state index contributed by atoms with van der Waals surface area (Å²) in [6, 6.07) is 0.635. The minimum absolute atomic E-state index is 0.288. The first-order chi connectivity index (χ1) is 6.36. The standard InChI is InChI=1S/C8H18N2O.C2H6/c1-9-8-3-2-4-10(7-8)5-6-11;1-2/h8-9,11H,2-7H2,1H3;1-2H3. The molecule has 1 heterocycles. The van der Waals surface area contributed by atoms with Gasteiger partial charge in [-0.05, 0) is 26.4 Å². The van der Waals surface area contributed by atoms with Gasteiger partial charge in [-0.2, -0.15) is 0 Å². The second-order valence-electron chi connectivity index (χ2n) is 3.15. The van der Waals surface area contributed by atoms with E-state index in [2.05, 4.69) is 10.2 Å². The molecule has 1 atom stereocenters. The van der Waals surface area contributed by atoms with Gasteiger partial charge in [0.15, 0.2) is 0 Å². The van der Waals surface area contributed by atoms with Crippen molar-refractivity contribution >= 4 is 0 Å². The number of rotatable bonds is 3. The lowest BCUT2D eigenvalue weighted by atomic mass is 10.1. The normalized spacial score (nSPS) is 23.5. The molecule has 80 valence electrons. The van der Waals surface area contributed by atoms with Crippen LogP contribution in [0.25, 0.3) is 0 Å². The molecule has 2 N–H and O–H groups in total. The summed E-state index contributed by atoms with van der Waals surface area (Å²) in [6.45, 7) is 7.37. The van der Waals surface area contributed by atoms with E-state index >= 15 is 0 Å². The van der Waals surface area contributed by atoms with Gasteiger partial charge in [0.05, 0.1) is 6.61 Å². The predicted octanol–water partition coefficient (Wildman–Crippen LogP) is 0.689. The lowest BCUT2D eigenvalue weighted by molar-refractivity contribution is 0.154. The van der Waals surface area contributed by atoms with Crippen LogP contribution in [-0.4, -0.2) is 49.3 Å². The number of nitrogens with zero attached hydrogens (tertiary/aromatic N) is 1. The van der Waals surface area contributed by atoms with Crippen LogP contribution in [0.3, 0.4) is 0 Å². The van der Waals surface area contributed by atoms with Crippen LogP contribution in [0.5, 0.6) is 0 Å². The van der Waals surface area contributed by atoms with Gasteiger partial charge in [-0.1, -0.05) is 13.8 Å². The maximum absolute atomic E-state index is 8.72. The topological polar surface area (TPSA) is 35.5 Å². The first-order valence-electron chi connectivity index (χ1n) is 5.37. The average molecular weight is 188 g/mol. The van der Waals surface area contributed by atoms with E-state index < -0.39 is 0 Å². The number of likely N-dealkylation sites (N-methyl/N-ethyl adjacent to an activating group) is 1. The Morgan fingerprint density at radius 3 is 2.69 bits per heavy atom. The first kappa shape index (κ1) is 12.9. The summed E-state index contributed by atoms with van der Waals surface area (Å²) < 4.78 is 0. The summed E-state index contributed by atoms with van der Waals surface area (Å²) in [7, 11) is 2.01. The molecule has 13 heavy (non-hydrogen) atoms. The van der Waals surface area contributed by atoms with E-state index in [0.29, 0.717) is 6.04 Å². The van der Waals surface area contributed by atoms with E-state index in [1.165, 1.54) is 12.8 Å². The molecule has 3 heteroatoms. The van der Waals surface area contributed by atoms with Crippen LogP contribution in [0.4, 0.5) is 0 Å². The van der Waals surface area contributed by atoms with Crippen molar-refractivity contribution in [2.45, 2.75) is 32.7 Å². The third-order valence-electron chi connectivity index (χ3n) is 2.33. The maximum Gasteiger partial charge on any atom is 0.0558 e. The minimum atomic E-state index is 0.288. The smallest absolute Gasteiger partial charge is 0.0558 e. The summed E-state index contributed by atoms with van der Waals surface area (Å²) >= 11 is 0. The minimum Gasteiger partial charge on any atom is -0.395 e. The van der Waals surface area contributed by atoms with Crippen molar-refractivity contribution in [3.05, 3.63) is 0 Å². The largest absolute Gasteiger partial charge is 0.395 e. The molecular formula is C10H24N2O. The zero-order chi connectivity index (χ0) is 10.1. The van der Waals surface area contributed by atoms with E-state index in [1.807, 2.05) is 20.9 Å². The molecule has 1 aliphatic heterocycles. The van der Waals surface area contributed by atoms with Gasteiger partial charge in [0, 0.05) is 19.1 Å². The lowest BCUT2D eigenvalue weighted by Gasteiger charge is -2.31. The number of piperidine rings is 1. The second-order valence-corrected chi connectivity index (χ2v) is 3.15. The second kappa shape index (κ2) is 8.48. The molecule has 1 fully saturated rings. The Bertz CT molecular complexity index is 107. The summed E-state index contributed by atoms with van der Waals surface area (Å²) in [5.74, 6) is 0. The van der Waals surface area contributed by atoms with Gasteiger partial charge in [0.2, 0.25) is 0 Å². The highest BCUT2D eigenvalue weighted by atomic mass is 16.3. The Balaban J connectivity index is 0.000000671. The predicted molar refractivity (Wildman–Crippen MR) is 57.0 cm³/mol. The Morgan fingerprint density at radius 1 is 1.46 bits per heavy atom. The van der Waals surface area contributed by atoms with Gasteiger partial charge in [-0.25, -0.2) is 0 Å². The molecular weight excluding hydrogens is 164 g/mol. The van der Waals surface area contributed by atoms with Crippen LogP contribution in [-0.2, 0) is 0 Å². The van der Waals surface area contributed by atoms with Gasteiger partial charge in [-0.15, -0.1) is 0 Å². The SMILES string of the molecule is CC.CNC1CCCN(CCO)C1. The van der Waals surface area contributed by atoms with Crippen LogP contribution in [0.2, 0.25) is 0 Å². The molecule has 0 saturated carbocycles. The Morgan fingerprint density at radius 2 is 2.15 bits per heavy atom. The molecule has 0 aliphatic carbocycles. The molecule has 0 spiro atoms. The molecule has 3 nitrogen and oxygen atoms in total. The fraction of sp³-hybridized carbons (Fsp3) is 1.00. The van der Waals surface area contributed by atoms with Crippen LogP contribution >= 0.6 is 0 Å². The molecule has 0 aromatic heterocycles. The molecule has 0 aromatic carbocycles. The molecule has 1 unspecified atom stereocenters. The van der Waals surface area contributed by atoms with Crippen molar-refractivity contribution in [2.75, 3.05) is 33.3 Å². The molecule has 0 amide bonds. The van der Waals surface area contributed by atoms with Crippen molar-refractivity contribution in [3.63, 3.8) is 0 Å². The van der Waals surface area contributed by atoms with E-state index in [0.717, 1.165) is 19.6 Å². The van der Waals surface area contributed by atoms with Gasteiger partial charge >= 0.3 is 0 Å². The van der Waals surface area contributed by atoms with Crippen molar-refractivity contribution < 1.29 is 5.11 Å². The fourth-order valence-corrected chi connectivity index (χ4v) is 1.64. The number of β-amino-alcohol motifs (C(OH)–C–C–N with tert-alkyl or cyclic N) is 1. The summed E-state index contributed by atoms with van der Waals surface area (Å²) in [5.41, 5.74) is 0. The summed E-state index contributed by atoms with van der Waals surface area (Å²) in [4.78, 5) is 2.31. The van der Waals surface area contributed by atoms with E-state index in [9.17, 15) is 0 Å². The van der Waals surface area contributed by atoms with Crippen LogP contribution < -0.4 is 5.32 Å². The number of aliphatic hydroxyl groups is 1. The van der Waals surface area contributed by atoms with Gasteiger partial charge < -0.3 is 10.4 Å². The number of hydrogen-bond donors (Lipinski definition) is 2. The van der Waals surface area contributed by atoms with Crippen LogP contribution in [0.1, 0.15) is 26.7 Å². The molecule has 0 radical (unpaired) electrons. The molecule has 1 saturated heterocycles. The summed E-state index contributed by atoms with van der Waals surface area (Å²) in [6.07, 6.45) is 2.53. The maximum atomic E-state index is 8.72. The monoisotopic (exact) mass is 188 g/mol. The number of nitrogens with one attached hydrogen (secondary N) is 1. The van der Waals surface area contributed by atoms with Crippen molar-refractivity contribution in [1.82, 2.24) is 10.2 Å². The molecule has 1 rings (SSSR count). The molecule has 0 bridgehead atoms. The van der Waals surface area contributed by atoms with E-state index in [4.69, 9.17) is 5.11 Å².